The van der Waals surface area contributed by atoms with Crippen LogP contribution in [0.15, 0.2) is 60.9 Å². The Morgan fingerprint density at radius 1 is 1.05 bits per heavy atom. The molecule has 5 nitrogen and oxygen atoms in total. The zero-order chi connectivity index (χ0) is 26.5. The van der Waals surface area contributed by atoms with E-state index in [2.05, 4.69) is 74.5 Å². The molecule has 1 aliphatic rings. The minimum absolute atomic E-state index is 0. The molecule has 37 heavy (non-hydrogen) atoms. The van der Waals surface area contributed by atoms with Gasteiger partial charge >= 0.3 is 0 Å². The predicted octanol–water partition coefficient (Wildman–Crippen LogP) is 7.48. The Kier molecular flexibility index (Phi) is 15.2. The Balaban J connectivity index is 0.000000310. The molecule has 2 aromatic carbocycles. The number of hydrogen-bond donors (Lipinski definition) is 1. The number of hydrogen-bond acceptors (Lipinski definition) is 3. The van der Waals surface area contributed by atoms with Gasteiger partial charge in [-0.05, 0) is 54.5 Å². The van der Waals surface area contributed by atoms with E-state index in [1.54, 1.807) is 31.2 Å². The van der Waals surface area contributed by atoms with Crippen LogP contribution in [0.2, 0.25) is 0 Å². The smallest absolute Gasteiger partial charge is 0.256 e. The molecule has 1 saturated heterocycles. The van der Waals surface area contributed by atoms with Crippen molar-refractivity contribution < 1.29 is 42.3 Å². The van der Waals surface area contributed by atoms with Crippen LogP contribution < -0.4 is 10.4 Å². The zero-order valence-corrected chi connectivity index (χ0v) is 26.0. The van der Waals surface area contributed by atoms with Gasteiger partial charge in [0, 0.05) is 50.5 Å². The molecule has 2 heterocycles. The molecule has 0 saturated carbocycles. The average molecular weight is 576 g/mol. The van der Waals surface area contributed by atoms with Crippen molar-refractivity contribution in [3.63, 3.8) is 0 Å². The standard InChI is InChI=1S/C16H19N.C10H9N2O2.C5H12.Y/c1-4-6-13-7-8-14(12(3)5-2)15-9-10-17-11-16(13)15;1-7-9(13)11-12(10(7)14)8-5-3-2-4-6-8;1-3-5-4-2;/h4,6-12H,5H2,1-3H3;3-7H,1H3,(H,11,13);3-5H2,1-2H3;/q;-1;;/b6-4-;;;. The van der Waals surface area contributed by atoms with Crippen LogP contribution in [0.5, 0.6) is 0 Å². The van der Waals surface area contributed by atoms with Gasteiger partial charge in [0.2, 0.25) is 0 Å². The van der Waals surface area contributed by atoms with Crippen LogP contribution in [-0.2, 0) is 42.3 Å². The largest absolute Gasteiger partial charge is 0.272 e. The third-order valence-corrected chi connectivity index (χ3v) is 6.25. The fourth-order valence-corrected chi connectivity index (χ4v) is 3.85. The molecule has 2 amide bonds. The number of allylic oxidation sites excluding steroid dienone is 1. The van der Waals surface area contributed by atoms with Crippen LogP contribution >= 0.6 is 0 Å². The molecular formula is C31H40N3O2Y-. The number of hydrazine groups is 1. The Bertz CT molecular complexity index is 1150. The number of amides is 2. The quantitative estimate of drug-likeness (QED) is 0.245. The number of benzene rings is 2. The number of pyridine rings is 1. The number of fused-ring (bicyclic) bond motifs is 1. The molecule has 195 valence electrons. The Morgan fingerprint density at radius 3 is 2.24 bits per heavy atom. The van der Waals surface area contributed by atoms with E-state index in [0.717, 1.165) is 0 Å². The van der Waals surface area contributed by atoms with Crippen LogP contribution in [0.25, 0.3) is 16.8 Å². The molecule has 0 bridgehead atoms. The second-order valence-electron chi connectivity index (χ2n) is 8.96. The normalized spacial score (nSPS) is 15.3. The Hall–Kier alpha value is -2.37. The zero-order valence-electron chi connectivity index (χ0n) is 23.1. The molecule has 1 aliphatic heterocycles. The number of carbonyl (C=O) groups is 2. The van der Waals surface area contributed by atoms with Crippen molar-refractivity contribution in [2.24, 2.45) is 5.92 Å². The van der Waals surface area contributed by atoms with Crippen molar-refractivity contribution in [2.45, 2.75) is 73.1 Å². The first-order valence-electron chi connectivity index (χ1n) is 13.0. The second kappa shape index (κ2) is 17.2. The summed E-state index contributed by atoms with van der Waals surface area (Å²) in [7, 11) is 0. The minimum atomic E-state index is -0.598. The fraction of sp³-hybridized carbons (Fsp3) is 0.387. The van der Waals surface area contributed by atoms with Crippen molar-refractivity contribution >= 4 is 34.4 Å². The molecule has 1 radical (unpaired) electrons. The maximum atomic E-state index is 11.5. The van der Waals surface area contributed by atoms with Crippen molar-refractivity contribution in [1.82, 2.24) is 10.4 Å². The molecule has 0 aliphatic carbocycles. The molecule has 4 rings (SSSR count). The summed E-state index contributed by atoms with van der Waals surface area (Å²) >= 11 is 0. The van der Waals surface area contributed by atoms with Crippen LogP contribution in [0, 0.1) is 12.0 Å². The average Bonchev–Trinajstić information content (AvgIpc) is 3.17. The molecule has 2 unspecified atom stereocenters. The maximum Gasteiger partial charge on any atom is 0.256 e. The maximum absolute atomic E-state index is 11.5. The third kappa shape index (κ3) is 9.15. The number of carbonyl (C=O) groups excluding carboxylic acids is 2. The van der Waals surface area contributed by atoms with Gasteiger partial charge in [0.25, 0.3) is 11.8 Å². The van der Waals surface area contributed by atoms with E-state index in [1.165, 1.54) is 52.6 Å². The summed E-state index contributed by atoms with van der Waals surface area (Å²) < 4.78 is 0. The molecule has 6 heteroatoms. The van der Waals surface area contributed by atoms with E-state index in [-0.39, 0.29) is 44.5 Å². The summed E-state index contributed by atoms with van der Waals surface area (Å²) in [5, 5.41) is 3.86. The van der Waals surface area contributed by atoms with Gasteiger partial charge in [-0.1, -0.05) is 71.2 Å². The number of nitrogens with one attached hydrogen (secondary N) is 1. The van der Waals surface area contributed by atoms with E-state index < -0.39 is 5.92 Å². The van der Waals surface area contributed by atoms with Crippen LogP contribution in [0.1, 0.15) is 84.3 Å². The van der Waals surface area contributed by atoms with Crippen molar-refractivity contribution in [2.75, 3.05) is 5.01 Å². The number of nitrogens with zero attached hydrogens (tertiary/aromatic N) is 2. The second-order valence-corrected chi connectivity index (χ2v) is 8.96. The van der Waals surface area contributed by atoms with Crippen LogP contribution in [0.4, 0.5) is 5.69 Å². The van der Waals surface area contributed by atoms with Gasteiger partial charge in [0.15, 0.2) is 0 Å². The molecule has 2 atom stereocenters. The molecule has 3 aromatic rings. The van der Waals surface area contributed by atoms with E-state index in [4.69, 9.17) is 0 Å². The van der Waals surface area contributed by atoms with Gasteiger partial charge in [-0.3, -0.25) is 20.0 Å². The third-order valence-electron chi connectivity index (χ3n) is 6.25. The van der Waals surface area contributed by atoms with Gasteiger partial charge in [0.05, 0.1) is 0 Å². The summed E-state index contributed by atoms with van der Waals surface area (Å²) in [6.07, 6.45) is 13.3. The van der Waals surface area contributed by atoms with Crippen LogP contribution in [0.3, 0.4) is 0 Å². The summed E-state index contributed by atoms with van der Waals surface area (Å²) in [4.78, 5) is 27.0. The molecule has 1 N–H and O–H groups in total. The number of unbranched alkanes of at least 4 members (excludes halogenated alkanes) is 2. The van der Waals surface area contributed by atoms with Gasteiger partial charge < -0.3 is 0 Å². The van der Waals surface area contributed by atoms with Gasteiger partial charge in [0.1, 0.15) is 5.92 Å². The molecule has 1 aromatic heterocycles. The topological polar surface area (TPSA) is 62.3 Å². The van der Waals surface area contributed by atoms with Gasteiger partial charge in [-0.25, -0.2) is 5.01 Å². The first kappa shape index (κ1) is 32.7. The molecule has 0 spiro atoms. The summed E-state index contributed by atoms with van der Waals surface area (Å²) in [5.41, 5.74) is 5.84. The molecule has 1 fully saturated rings. The minimum Gasteiger partial charge on any atom is -0.272 e. The van der Waals surface area contributed by atoms with Gasteiger partial charge in [-0.2, -0.15) is 18.2 Å². The predicted molar refractivity (Wildman–Crippen MR) is 150 cm³/mol. The van der Waals surface area contributed by atoms with Gasteiger partial charge in [-0.15, -0.1) is 12.1 Å². The monoisotopic (exact) mass is 575 g/mol. The van der Waals surface area contributed by atoms with Crippen LogP contribution in [-0.4, -0.2) is 16.8 Å². The van der Waals surface area contributed by atoms with E-state index >= 15 is 0 Å². The summed E-state index contributed by atoms with van der Waals surface area (Å²) in [6.45, 7) is 12.6. The van der Waals surface area contributed by atoms with Crippen molar-refractivity contribution in [1.29, 1.82) is 0 Å². The first-order valence-corrected chi connectivity index (χ1v) is 13.0. The Labute approximate surface area is 248 Å². The number of aromatic nitrogens is 1. The SMILES string of the molecule is C/C=C\c1ccc(C(C)CC)c2ccncc12.CC1C(=O)NN(c2cc[c-]cc2)C1=O.CCCCC.[Y]. The number of rotatable bonds is 6. The summed E-state index contributed by atoms with van der Waals surface area (Å²) in [5.74, 6) is -0.484. The first-order chi connectivity index (χ1) is 17.4. The molecular weight excluding hydrogens is 535 g/mol. The summed E-state index contributed by atoms with van der Waals surface area (Å²) in [6, 6.07) is 16.2. The van der Waals surface area contributed by atoms with E-state index in [0.29, 0.717) is 11.6 Å². The Morgan fingerprint density at radius 2 is 1.73 bits per heavy atom. The van der Waals surface area contributed by atoms with Crippen molar-refractivity contribution in [3.8, 4) is 0 Å². The fourth-order valence-electron chi connectivity index (χ4n) is 3.85. The van der Waals surface area contributed by atoms with E-state index in [9.17, 15) is 9.59 Å². The van der Waals surface area contributed by atoms with E-state index in [1.807, 2.05) is 19.3 Å². The van der Waals surface area contributed by atoms with Crippen molar-refractivity contribution in [3.05, 3.63) is 78.1 Å². The number of anilines is 1.